The van der Waals surface area contributed by atoms with Crippen molar-refractivity contribution in [2.75, 3.05) is 13.2 Å². The minimum atomic E-state index is -4.98. The van der Waals surface area contributed by atoms with E-state index in [-0.39, 0.29) is 0 Å². The first kappa shape index (κ1) is 17.0. The highest BCUT2D eigenvalue weighted by Gasteiger charge is 2.56. The largest absolute Gasteiger partial charge is 0.493 e. The van der Waals surface area contributed by atoms with E-state index in [0.29, 0.717) is 29.9 Å². The fourth-order valence-corrected chi connectivity index (χ4v) is 2.94. The maximum atomic E-state index is 13.7. The van der Waals surface area contributed by atoms with Crippen LogP contribution in [0.25, 0.3) is 0 Å². The first-order valence-corrected chi connectivity index (χ1v) is 6.86. The Morgan fingerprint density at radius 1 is 1.23 bits per heavy atom. The van der Waals surface area contributed by atoms with Crippen LogP contribution in [-0.2, 0) is 11.8 Å². The molecule has 0 aromatic heterocycles. The maximum Gasteiger partial charge on any atom is 0.419 e. The predicted octanol–water partition coefficient (Wildman–Crippen LogP) is 2.71. The first-order chi connectivity index (χ1) is 10.00. The molecule has 2 N–H and O–H groups in total. The molecule has 0 aliphatic carbocycles. The van der Waals surface area contributed by atoms with E-state index in [4.69, 9.17) is 9.84 Å². The normalized spacial score (nSPS) is 17.8. The summed E-state index contributed by atoms with van der Waals surface area (Å²) in [7, 11) is 0. The Morgan fingerprint density at radius 3 is 2.41 bits per heavy atom. The summed E-state index contributed by atoms with van der Waals surface area (Å²) >= 11 is 0. The lowest BCUT2D eigenvalue weighted by molar-refractivity contribution is -0.277. The van der Waals surface area contributed by atoms with Gasteiger partial charge in [-0.05, 0) is 23.5 Å². The van der Waals surface area contributed by atoms with Crippen LogP contribution in [0.3, 0.4) is 0 Å². The van der Waals surface area contributed by atoms with Crippen molar-refractivity contribution in [2.24, 2.45) is 0 Å². The second-order valence-corrected chi connectivity index (χ2v) is 6.28. The van der Waals surface area contributed by atoms with Gasteiger partial charge in [0.2, 0.25) is 0 Å². The smallest absolute Gasteiger partial charge is 0.419 e. The van der Waals surface area contributed by atoms with Gasteiger partial charge in [0, 0.05) is 18.1 Å². The van der Waals surface area contributed by atoms with Gasteiger partial charge in [-0.3, -0.25) is 0 Å². The van der Waals surface area contributed by atoms with Gasteiger partial charge < -0.3 is 14.9 Å². The Labute approximate surface area is 125 Å². The summed E-state index contributed by atoms with van der Waals surface area (Å²) in [5, 5.41) is 18.8. The van der Waals surface area contributed by atoms with E-state index in [1.807, 2.05) is 0 Å². The number of benzene rings is 1. The van der Waals surface area contributed by atoms with Gasteiger partial charge in [0.05, 0.1) is 13.2 Å². The molecule has 1 aromatic carbocycles. The van der Waals surface area contributed by atoms with Gasteiger partial charge in [0.25, 0.3) is 0 Å². The molecule has 0 fully saturated rings. The summed E-state index contributed by atoms with van der Waals surface area (Å²) < 4.78 is 57.9. The third-order valence-corrected chi connectivity index (χ3v) is 4.04. The summed E-state index contributed by atoms with van der Waals surface area (Å²) in [5.41, 5.74) is -3.44. The minimum absolute atomic E-state index is 0.322. The van der Waals surface area contributed by atoms with E-state index >= 15 is 0 Å². The average molecular weight is 322 g/mol. The van der Waals surface area contributed by atoms with Crippen molar-refractivity contribution in [1.82, 2.24) is 0 Å². The van der Waals surface area contributed by atoms with Crippen molar-refractivity contribution < 1.29 is 32.5 Å². The third kappa shape index (κ3) is 2.92. The molecular weight excluding hydrogens is 304 g/mol. The summed E-state index contributed by atoms with van der Waals surface area (Å²) in [6.07, 6.45) is -5.29. The molecule has 1 aromatic rings. The molecule has 2 rings (SSSR count). The lowest BCUT2D eigenvalue weighted by atomic mass is 9.73. The Kier molecular flexibility index (Phi) is 4.16. The lowest BCUT2D eigenvalue weighted by Crippen LogP contribution is -2.52. The average Bonchev–Trinajstić information content (AvgIpc) is 2.83. The third-order valence-electron chi connectivity index (χ3n) is 4.04. The predicted molar refractivity (Wildman–Crippen MR) is 71.3 cm³/mol. The molecule has 0 spiro atoms. The van der Waals surface area contributed by atoms with Gasteiger partial charge in [0.1, 0.15) is 11.6 Å². The van der Waals surface area contributed by atoms with Crippen LogP contribution in [0, 0.1) is 5.82 Å². The molecule has 0 saturated heterocycles. The van der Waals surface area contributed by atoms with E-state index in [1.165, 1.54) is 26.0 Å². The zero-order valence-electron chi connectivity index (χ0n) is 12.3. The zero-order valence-corrected chi connectivity index (χ0v) is 12.3. The number of halogens is 4. The molecule has 1 heterocycles. The number of aliphatic hydroxyl groups excluding tert-OH is 1. The van der Waals surface area contributed by atoms with Crippen molar-refractivity contribution in [3.05, 3.63) is 29.1 Å². The fraction of sp³-hybridized carbons (Fsp3) is 0.600. The molecule has 0 amide bonds. The van der Waals surface area contributed by atoms with Crippen LogP contribution < -0.4 is 4.74 Å². The number of rotatable bonds is 4. The van der Waals surface area contributed by atoms with E-state index in [2.05, 4.69) is 0 Å². The van der Waals surface area contributed by atoms with E-state index in [9.17, 15) is 22.7 Å². The Balaban J connectivity index is 2.43. The topological polar surface area (TPSA) is 49.7 Å². The van der Waals surface area contributed by atoms with Gasteiger partial charge in [-0.25, -0.2) is 4.39 Å². The quantitative estimate of drug-likeness (QED) is 0.838. The number of alkyl halides is 3. The SMILES string of the molecule is CC(C)(C[C@@](O)(CO)C(F)(F)F)c1cc(F)cc2c1CCO2. The molecule has 0 bridgehead atoms. The van der Waals surface area contributed by atoms with Gasteiger partial charge >= 0.3 is 6.18 Å². The van der Waals surface area contributed by atoms with Gasteiger partial charge in [0.15, 0.2) is 5.60 Å². The number of ether oxygens (including phenoxy) is 1. The van der Waals surface area contributed by atoms with Crippen molar-refractivity contribution in [3.63, 3.8) is 0 Å². The number of hydrogen-bond donors (Lipinski definition) is 2. The molecule has 0 saturated carbocycles. The van der Waals surface area contributed by atoms with Crippen molar-refractivity contribution in [2.45, 2.75) is 43.9 Å². The van der Waals surface area contributed by atoms with Gasteiger partial charge in [-0.2, -0.15) is 13.2 Å². The highest BCUT2D eigenvalue weighted by molar-refractivity contribution is 5.46. The van der Waals surface area contributed by atoms with Crippen molar-refractivity contribution >= 4 is 0 Å². The van der Waals surface area contributed by atoms with Gasteiger partial charge in [-0.15, -0.1) is 0 Å². The lowest BCUT2D eigenvalue weighted by Gasteiger charge is -2.37. The molecule has 0 radical (unpaired) electrons. The standard InChI is InChI=1S/C15H18F4O3/c1-13(2,7-14(21,8-20)15(17,18)19)11-5-9(16)6-12-10(11)3-4-22-12/h5-6,20-21H,3-4,7-8H2,1-2H3/t14-/m1/s1. The van der Waals surface area contributed by atoms with Crippen LogP contribution in [0.1, 0.15) is 31.4 Å². The summed E-state index contributed by atoms with van der Waals surface area (Å²) in [6.45, 7) is 1.85. The maximum absolute atomic E-state index is 13.7. The summed E-state index contributed by atoms with van der Waals surface area (Å²) in [5.74, 6) is -0.286. The van der Waals surface area contributed by atoms with Crippen LogP contribution in [-0.4, -0.2) is 35.2 Å². The Hall–Kier alpha value is -1.34. The van der Waals surface area contributed by atoms with Crippen LogP contribution in [0.15, 0.2) is 12.1 Å². The molecule has 22 heavy (non-hydrogen) atoms. The second kappa shape index (κ2) is 5.38. The Bertz CT molecular complexity index is 569. The monoisotopic (exact) mass is 322 g/mol. The Morgan fingerprint density at radius 2 is 1.86 bits per heavy atom. The molecule has 1 aliphatic rings. The number of aliphatic hydroxyl groups is 2. The van der Waals surface area contributed by atoms with Crippen molar-refractivity contribution in [1.29, 1.82) is 0 Å². The van der Waals surface area contributed by atoms with Gasteiger partial charge in [-0.1, -0.05) is 13.8 Å². The zero-order chi connectivity index (χ0) is 16.8. The van der Waals surface area contributed by atoms with Crippen LogP contribution in [0.4, 0.5) is 17.6 Å². The van der Waals surface area contributed by atoms with E-state index in [0.717, 1.165) is 0 Å². The van der Waals surface area contributed by atoms with Crippen LogP contribution in [0.2, 0.25) is 0 Å². The van der Waals surface area contributed by atoms with E-state index in [1.54, 1.807) is 0 Å². The first-order valence-electron chi connectivity index (χ1n) is 6.86. The summed E-state index contributed by atoms with van der Waals surface area (Å²) in [4.78, 5) is 0. The molecular formula is C15H18F4O3. The highest BCUT2D eigenvalue weighted by atomic mass is 19.4. The fourth-order valence-electron chi connectivity index (χ4n) is 2.94. The van der Waals surface area contributed by atoms with Crippen LogP contribution >= 0.6 is 0 Å². The molecule has 124 valence electrons. The number of fused-ring (bicyclic) bond motifs is 1. The second-order valence-electron chi connectivity index (χ2n) is 6.28. The molecule has 1 atom stereocenters. The molecule has 3 nitrogen and oxygen atoms in total. The molecule has 7 heteroatoms. The molecule has 0 unspecified atom stereocenters. The highest BCUT2D eigenvalue weighted by Crippen LogP contribution is 2.44. The van der Waals surface area contributed by atoms with E-state index < -0.39 is 36.0 Å². The number of hydrogen-bond acceptors (Lipinski definition) is 3. The molecule has 1 aliphatic heterocycles. The van der Waals surface area contributed by atoms with Crippen LogP contribution in [0.5, 0.6) is 5.75 Å². The van der Waals surface area contributed by atoms with Crippen molar-refractivity contribution in [3.8, 4) is 5.75 Å². The minimum Gasteiger partial charge on any atom is -0.493 e. The summed E-state index contributed by atoms with van der Waals surface area (Å²) in [6, 6.07) is 2.37.